The Hall–Kier alpha value is -1.31. The van der Waals surface area contributed by atoms with Gasteiger partial charge in [-0.3, -0.25) is 4.98 Å². The van der Waals surface area contributed by atoms with Crippen molar-refractivity contribution in [3.05, 3.63) is 37.2 Å². The Labute approximate surface area is 66.5 Å². The van der Waals surface area contributed by atoms with Crippen LogP contribution in [0.3, 0.4) is 0 Å². The average Bonchev–Trinajstić information content (AvgIpc) is 2.06. The SMILES string of the molecule is C=CC(C)Oc1cccnc1. The number of aromatic nitrogens is 1. The van der Waals surface area contributed by atoms with E-state index in [1.807, 2.05) is 19.1 Å². The van der Waals surface area contributed by atoms with E-state index in [1.165, 1.54) is 0 Å². The van der Waals surface area contributed by atoms with Crippen LogP contribution in [0.4, 0.5) is 0 Å². The second-order valence-corrected chi connectivity index (χ2v) is 2.25. The van der Waals surface area contributed by atoms with Gasteiger partial charge in [-0.1, -0.05) is 12.7 Å². The third-order valence-electron chi connectivity index (χ3n) is 1.29. The lowest BCUT2D eigenvalue weighted by molar-refractivity contribution is 0.269. The van der Waals surface area contributed by atoms with E-state index < -0.39 is 0 Å². The number of ether oxygens (including phenoxy) is 1. The first-order chi connectivity index (χ1) is 5.33. The highest BCUT2D eigenvalue weighted by Crippen LogP contribution is 2.08. The van der Waals surface area contributed by atoms with E-state index in [9.17, 15) is 0 Å². The maximum Gasteiger partial charge on any atom is 0.138 e. The van der Waals surface area contributed by atoms with Gasteiger partial charge in [-0.05, 0) is 19.1 Å². The van der Waals surface area contributed by atoms with Gasteiger partial charge in [0, 0.05) is 6.20 Å². The van der Waals surface area contributed by atoms with Crippen molar-refractivity contribution in [3.8, 4) is 5.75 Å². The predicted molar refractivity (Wildman–Crippen MR) is 44.5 cm³/mol. The Balaban J connectivity index is 2.57. The number of hydrogen-bond donors (Lipinski definition) is 0. The van der Waals surface area contributed by atoms with E-state index in [0.717, 1.165) is 5.75 Å². The zero-order chi connectivity index (χ0) is 8.10. The summed E-state index contributed by atoms with van der Waals surface area (Å²) >= 11 is 0. The van der Waals surface area contributed by atoms with Crippen molar-refractivity contribution < 1.29 is 4.74 Å². The molecule has 0 amide bonds. The van der Waals surface area contributed by atoms with Gasteiger partial charge >= 0.3 is 0 Å². The predicted octanol–water partition coefficient (Wildman–Crippen LogP) is 2.03. The summed E-state index contributed by atoms with van der Waals surface area (Å²) in [6.07, 6.45) is 5.18. The van der Waals surface area contributed by atoms with E-state index in [2.05, 4.69) is 11.6 Å². The molecule has 1 atom stereocenters. The highest BCUT2D eigenvalue weighted by molar-refractivity contribution is 5.16. The summed E-state index contributed by atoms with van der Waals surface area (Å²) in [7, 11) is 0. The van der Waals surface area contributed by atoms with Crippen molar-refractivity contribution in [2.24, 2.45) is 0 Å². The highest BCUT2D eigenvalue weighted by Gasteiger charge is 1.96. The van der Waals surface area contributed by atoms with Crippen molar-refractivity contribution in [2.75, 3.05) is 0 Å². The topological polar surface area (TPSA) is 22.1 Å². The summed E-state index contributed by atoms with van der Waals surface area (Å²) in [5, 5.41) is 0. The molecule has 0 bridgehead atoms. The van der Waals surface area contributed by atoms with Crippen LogP contribution >= 0.6 is 0 Å². The Kier molecular flexibility index (Phi) is 2.66. The fourth-order valence-corrected chi connectivity index (χ4v) is 0.680. The molecule has 0 fully saturated rings. The van der Waals surface area contributed by atoms with Crippen LogP contribution in [-0.2, 0) is 0 Å². The molecule has 0 aromatic carbocycles. The van der Waals surface area contributed by atoms with Crippen molar-refractivity contribution in [1.29, 1.82) is 0 Å². The van der Waals surface area contributed by atoms with Crippen LogP contribution in [0.25, 0.3) is 0 Å². The van der Waals surface area contributed by atoms with Crippen LogP contribution in [-0.4, -0.2) is 11.1 Å². The minimum atomic E-state index is 0.0409. The minimum absolute atomic E-state index is 0.0409. The minimum Gasteiger partial charge on any atom is -0.485 e. The summed E-state index contributed by atoms with van der Waals surface area (Å²) in [6, 6.07) is 3.71. The third kappa shape index (κ3) is 2.42. The lowest BCUT2D eigenvalue weighted by Gasteiger charge is -2.08. The van der Waals surface area contributed by atoms with E-state index >= 15 is 0 Å². The maximum absolute atomic E-state index is 5.38. The quantitative estimate of drug-likeness (QED) is 0.613. The molecule has 1 heterocycles. The van der Waals surface area contributed by atoms with Crippen LogP contribution in [0.5, 0.6) is 5.75 Å². The molecule has 58 valence electrons. The van der Waals surface area contributed by atoms with Crippen molar-refractivity contribution >= 4 is 0 Å². The molecule has 1 aromatic heterocycles. The van der Waals surface area contributed by atoms with E-state index in [0.29, 0.717) is 0 Å². The van der Waals surface area contributed by atoms with Crippen LogP contribution in [0.2, 0.25) is 0 Å². The molecular weight excluding hydrogens is 138 g/mol. The molecule has 0 saturated heterocycles. The van der Waals surface area contributed by atoms with Crippen molar-refractivity contribution in [3.63, 3.8) is 0 Å². The molecule has 2 heteroatoms. The smallest absolute Gasteiger partial charge is 0.138 e. The van der Waals surface area contributed by atoms with Gasteiger partial charge < -0.3 is 4.74 Å². The first kappa shape index (κ1) is 7.79. The van der Waals surface area contributed by atoms with Crippen molar-refractivity contribution in [2.45, 2.75) is 13.0 Å². The first-order valence-electron chi connectivity index (χ1n) is 3.52. The second-order valence-electron chi connectivity index (χ2n) is 2.25. The zero-order valence-corrected chi connectivity index (χ0v) is 6.53. The number of rotatable bonds is 3. The molecule has 0 N–H and O–H groups in total. The average molecular weight is 149 g/mol. The fraction of sp³-hybridized carbons (Fsp3) is 0.222. The molecule has 0 aliphatic heterocycles. The van der Waals surface area contributed by atoms with Gasteiger partial charge in [-0.25, -0.2) is 0 Å². The Morgan fingerprint density at radius 3 is 3.09 bits per heavy atom. The van der Waals surface area contributed by atoms with E-state index in [1.54, 1.807) is 18.5 Å². The number of pyridine rings is 1. The molecule has 0 aliphatic carbocycles. The highest BCUT2D eigenvalue weighted by atomic mass is 16.5. The third-order valence-corrected chi connectivity index (χ3v) is 1.29. The maximum atomic E-state index is 5.38. The van der Waals surface area contributed by atoms with Crippen LogP contribution < -0.4 is 4.74 Å². The monoisotopic (exact) mass is 149 g/mol. The van der Waals surface area contributed by atoms with Gasteiger partial charge in [0.05, 0.1) is 6.20 Å². The van der Waals surface area contributed by atoms with Crippen LogP contribution in [0.1, 0.15) is 6.92 Å². The Morgan fingerprint density at radius 2 is 2.55 bits per heavy atom. The summed E-state index contributed by atoms with van der Waals surface area (Å²) in [5.41, 5.74) is 0. The normalized spacial score (nSPS) is 12.1. The van der Waals surface area contributed by atoms with Gasteiger partial charge in [0.2, 0.25) is 0 Å². The van der Waals surface area contributed by atoms with Gasteiger partial charge in [-0.2, -0.15) is 0 Å². The summed E-state index contributed by atoms with van der Waals surface area (Å²) in [5.74, 6) is 0.778. The first-order valence-corrected chi connectivity index (χ1v) is 3.52. The lowest BCUT2D eigenvalue weighted by Crippen LogP contribution is -2.06. The van der Waals surface area contributed by atoms with E-state index in [-0.39, 0.29) is 6.10 Å². The van der Waals surface area contributed by atoms with Crippen LogP contribution in [0, 0.1) is 0 Å². The summed E-state index contributed by atoms with van der Waals surface area (Å²) in [6.45, 7) is 5.54. The molecule has 11 heavy (non-hydrogen) atoms. The molecule has 0 radical (unpaired) electrons. The van der Waals surface area contributed by atoms with Crippen molar-refractivity contribution in [1.82, 2.24) is 4.98 Å². The fourth-order valence-electron chi connectivity index (χ4n) is 0.680. The van der Waals surface area contributed by atoms with Crippen LogP contribution in [0.15, 0.2) is 37.2 Å². The van der Waals surface area contributed by atoms with E-state index in [4.69, 9.17) is 4.74 Å². The van der Waals surface area contributed by atoms with Gasteiger partial charge in [0.15, 0.2) is 0 Å². The summed E-state index contributed by atoms with van der Waals surface area (Å²) in [4.78, 5) is 3.91. The lowest BCUT2D eigenvalue weighted by atomic mass is 10.4. The molecule has 0 aliphatic rings. The van der Waals surface area contributed by atoms with Gasteiger partial charge in [-0.15, -0.1) is 0 Å². The zero-order valence-electron chi connectivity index (χ0n) is 6.53. The molecule has 2 nitrogen and oxygen atoms in total. The summed E-state index contributed by atoms with van der Waals surface area (Å²) < 4.78 is 5.38. The molecular formula is C9H11NO. The standard InChI is InChI=1S/C9H11NO/c1-3-8(2)11-9-5-4-6-10-7-9/h3-8H,1H2,2H3. The molecule has 1 rings (SSSR count). The second kappa shape index (κ2) is 3.76. The van der Waals surface area contributed by atoms with Gasteiger partial charge in [0.1, 0.15) is 11.9 Å². The largest absolute Gasteiger partial charge is 0.485 e. The Bertz CT molecular complexity index is 220. The molecule has 1 aromatic rings. The van der Waals surface area contributed by atoms with Gasteiger partial charge in [0.25, 0.3) is 0 Å². The molecule has 0 spiro atoms. The number of hydrogen-bond acceptors (Lipinski definition) is 2. The molecule has 0 saturated carbocycles. The Morgan fingerprint density at radius 1 is 1.73 bits per heavy atom. The molecule has 1 unspecified atom stereocenters. The number of nitrogens with zero attached hydrogens (tertiary/aromatic N) is 1.